The van der Waals surface area contributed by atoms with E-state index in [0.29, 0.717) is 0 Å². The molecule has 0 saturated carbocycles. The van der Waals surface area contributed by atoms with Crippen molar-refractivity contribution in [2.24, 2.45) is 11.8 Å². The summed E-state index contributed by atoms with van der Waals surface area (Å²) in [4.78, 5) is 12.5. The molecule has 1 heterocycles. The van der Waals surface area contributed by atoms with Gasteiger partial charge >= 0.3 is 0 Å². The third kappa shape index (κ3) is 3.23. The monoisotopic (exact) mass is 339 g/mol. The van der Waals surface area contributed by atoms with E-state index in [0.717, 1.165) is 10.0 Å². The summed E-state index contributed by atoms with van der Waals surface area (Å²) in [6.07, 6.45) is 0.122. The Hall–Kier alpha value is -0.870. The molecule has 3 nitrogen and oxygen atoms in total. The number of hydrogen-bond acceptors (Lipinski definition) is 2. The summed E-state index contributed by atoms with van der Waals surface area (Å²) in [5.74, 6) is 0.265. The lowest BCUT2D eigenvalue weighted by atomic mass is 9.88. The number of ether oxygens (including phenoxy) is 1. The van der Waals surface area contributed by atoms with Crippen molar-refractivity contribution in [1.29, 1.82) is 0 Å². The molecule has 1 aromatic rings. The minimum atomic E-state index is -0.0698. The summed E-state index contributed by atoms with van der Waals surface area (Å²) in [6.45, 7) is 8.11. The van der Waals surface area contributed by atoms with E-state index < -0.39 is 0 Å². The maximum absolute atomic E-state index is 12.5. The molecule has 1 amide bonds. The first-order valence-electron chi connectivity index (χ1n) is 7.11. The van der Waals surface area contributed by atoms with Gasteiger partial charge in [0.05, 0.1) is 24.2 Å². The molecule has 20 heavy (non-hydrogen) atoms. The van der Waals surface area contributed by atoms with Crippen molar-refractivity contribution in [3.63, 3.8) is 0 Å². The van der Waals surface area contributed by atoms with Gasteiger partial charge in [0.2, 0.25) is 5.91 Å². The van der Waals surface area contributed by atoms with Crippen LogP contribution in [-0.2, 0) is 9.53 Å². The van der Waals surface area contributed by atoms with Crippen molar-refractivity contribution < 1.29 is 9.53 Å². The molecule has 4 heteroatoms. The Morgan fingerprint density at radius 1 is 1.30 bits per heavy atom. The number of hydrogen-bond donors (Lipinski definition) is 1. The first-order valence-corrected chi connectivity index (χ1v) is 7.90. The lowest BCUT2D eigenvalue weighted by Crippen LogP contribution is -2.38. The van der Waals surface area contributed by atoms with Gasteiger partial charge in [-0.3, -0.25) is 4.79 Å². The standard InChI is InChI=1S/C16H22BrNO2/c1-9-11(3)20-12(4)15(9)16(19)18-10(2)13-6-5-7-14(17)8-13/h5-12,15H,1-4H3,(H,18,19). The summed E-state index contributed by atoms with van der Waals surface area (Å²) in [5, 5.41) is 3.11. The fourth-order valence-electron chi connectivity index (χ4n) is 2.89. The van der Waals surface area contributed by atoms with Gasteiger partial charge in [-0.15, -0.1) is 0 Å². The molecule has 1 saturated heterocycles. The maximum atomic E-state index is 12.5. The molecule has 0 aromatic heterocycles. The SMILES string of the molecule is CC(NC(=O)C1C(C)OC(C)C1C)c1cccc(Br)c1. The minimum absolute atomic E-state index is 0.00435. The Kier molecular flexibility index (Phi) is 4.86. The summed E-state index contributed by atoms with van der Waals surface area (Å²) >= 11 is 3.46. The zero-order valence-electron chi connectivity index (χ0n) is 12.4. The second-order valence-electron chi connectivity index (χ2n) is 5.72. The van der Waals surface area contributed by atoms with Crippen molar-refractivity contribution in [1.82, 2.24) is 5.32 Å². The van der Waals surface area contributed by atoms with Crippen LogP contribution in [0.4, 0.5) is 0 Å². The van der Waals surface area contributed by atoms with E-state index in [1.165, 1.54) is 0 Å². The Labute approximate surface area is 129 Å². The molecule has 5 unspecified atom stereocenters. The van der Waals surface area contributed by atoms with Gasteiger partial charge < -0.3 is 10.1 Å². The first-order chi connectivity index (χ1) is 9.40. The predicted octanol–water partition coefficient (Wildman–Crippen LogP) is 3.69. The highest BCUT2D eigenvalue weighted by Gasteiger charge is 2.41. The minimum Gasteiger partial charge on any atom is -0.374 e. The highest BCUT2D eigenvalue weighted by molar-refractivity contribution is 9.10. The molecule has 0 spiro atoms. The molecule has 110 valence electrons. The molecule has 5 atom stereocenters. The summed E-state index contributed by atoms with van der Waals surface area (Å²) in [7, 11) is 0. The van der Waals surface area contributed by atoms with Gasteiger partial charge in [0.1, 0.15) is 0 Å². The van der Waals surface area contributed by atoms with Crippen LogP contribution in [0.2, 0.25) is 0 Å². The molecule has 0 radical (unpaired) electrons. The molecule has 1 aliphatic rings. The Balaban J connectivity index is 2.04. The van der Waals surface area contributed by atoms with Crippen molar-refractivity contribution in [3.8, 4) is 0 Å². The van der Waals surface area contributed by atoms with Crippen LogP contribution in [0.1, 0.15) is 39.3 Å². The fourth-order valence-corrected chi connectivity index (χ4v) is 3.30. The number of rotatable bonds is 3. The number of benzene rings is 1. The van der Waals surface area contributed by atoms with E-state index in [-0.39, 0.29) is 36.0 Å². The first kappa shape index (κ1) is 15.5. The zero-order chi connectivity index (χ0) is 14.9. The van der Waals surface area contributed by atoms with Crippen molar-refractivity contribution in [2.75, 3.05) is 0 Å². The van der Waals surface area contributed by atoms with Crippen LogP contribution >= 0.6 is 15.9 Å². The number of amides is 1. The van der Waals surface area contributed by atoms with Crippen LogP contribution < -0.4 is 5.32 Å². The summed E-state index contributed by atoms with van der Waals surface area (Å²) in [6, 6.07) is 8.01. The second-order valence-corrected chi connectivity index (χ2v) is 6.63. The van der Waals surface area contributed by atoms with Crippen LogP contribution in [0, 0.1) is 11.8 Å². The molecular formula is C16H22BrNO2. The van der Waals surface area contributed by atoms with Gasteiger partial charge in [-0.25, -0.2) is 0 Å². The average molecular weight is 340 g/mol. The summed E-state index contributed by atoms with van der Waals surface area (Å²) < 4.78 is 6.77. The largest absolute Gasteiger partial charge is 0.374 e. The molecule has 1 N–H and O–H groups in total. The Morgan fingerprint density at radius 2 is 2.00 bits per heavy atom. The van der Waals surface area contributed by atoms with E-state index in [4.69, 9.17) is 4.74 Å². The van der Waals surface area contributed by atoms with Crippen molar-refractivity contribution >= 4 is 21.8 Å². The lowest BCUT2D eigenvalue weighted by molar-refractivity contribution is -0.127. The van der Waals surface area contributed by atoms with E-state index in [1.54, 1.807) is 0 Å². The summed E-state index contributed by atoms with van der Waals surface area (Å²) in [5.41, 5.74) is 1.10. The molecule has 1 aliphatic heterocycles. The van der Waals surface area contributed by atoms with E-state index in [1.807, 2.05) is 45.0 Å². The van der Waals surface area contributed by atoms with Crippen LogP contribution in [0.5, 0.6) is 0 Å². The predicted molar refractivity (Wildman–Crippen MR) is 83.4 cm³/mol. The van der Waals surface area contributed by atoms with Crippen LogP contribution in [-0.4, -0.2) is 18.1 Å². The number of halogens is 1. The van der Waals surface area contributed by atoms with Gasteiger partial charge in [0, 0.05) is 4.47 Å². The molecule has 0 bridgehead atoms. The Morgan fingerprint density at radius 3 is 2.55 bits per heavy atom. The van der Waals surface area contributed by atoms with Gasteiger partial charge in [-0.1, -0.05) is 35.0 Å². The zero-order valence-corrected chi connectivity index (χ0v) is 14.0. The Bertz CT molecular complexity index is 491. The van der Waals surface area contributed by atoms with Gasteiger partial charge in [-0.05, 0) is 44.4 Å². The molecule has 0 aliphatic carbocycles. The second kappa shape index (κ2) is 6.27. The van der Waals surface area contributed by atoms with E-state index in [2.05, 4.69) is 28.2 Å². The fraction of sp³-hybridized carbons (Fsp3) is 0.562. The van der Waals surface area contributed by atoms with Gasteiger partial charge in [0.25, 0.3) is 0 Å². The number of carbonyl (C=O) groups excluding carboxylic acids is 1. The highest BCUT2D eigenvalue weighted by Crippen LogP contribution is 2.32. The third-order valence-corrected chi connectivity index (χ3v) is 4.75. The average Bonchev–Trinajstić information content (AvgIpc) is 2.63. The molecule has 1 aromatic carbocycles. The van der Waals surface area contributed by atoms with Crippen LogP contribution in [0.25, 0.3) is 0 Å². The lowest BCUT2D eigenvalue weighted by Gasteiger charge is -2.21. The quantitative estimate of drug-likeness (QED) is 0.911. The van der Waals surface area contributed by atoms with Gasteiger partial charge in [-0.2, -0.15) is 0 Å². The van der Waals surface area contributed by atoms with Crippen molar-refractivity contribution in [3.05, 3.63) is 34.3 Å². The topological polar surface area (TPSA) is 38.3 Å². The maximum Gasteiger partial charge on any atom is 0.226 e. The molecule has 2 rings (SSSR count). The normalized spacial score (nSPS) is 31.1. The third-order valence-electron chi connectivity index (χ3n) is 4.25. The molecule has 1 fully saturated rings. The smallest absolute Gasteiger partial charge is 0.226 e. The molecular weight excluding hydrogens is 318 g/mol. The van der Waals surface area contributed by atoms with Gasteiger partial charge in [0.15, 0.2) is 0 Å². The van der Waals surface area contributed by atoms with Crippen LogP contribution in [0.15, 0.2) is 28.7 Å². The van der Waals surface area contributed by atoms with Crippen molar-refractivity contribution in [2.45, 2.75) is 45.9 Å². The number of nitrogens with one attached hydrogen (secondary N) is 1. The van der Waals surface area contributed by atoms with Crippen LogP contribution in [0.3, 0.4) is 0 Å². The van der Waals surface area contributed by atoms with E-state index in [9.17, 15) is 4.79 Å². The highest BCUT2D eigenvalue weighted by atomic mass is 79.9. The number of carbonyl (C=O) groups is 1. The van der Waals surface area contributed by atoms with E-state index >= 15 is 0 Å².